The molecule has 1 rings (SSSR count). The van der Waals surface area contributed by atoms with Crippen LogP contribution in [0.25, 0.3) is 0 Å². The van der Waals surface area contributed by atoms with Gasteiger partial charge in [-0.3, -0.25) is 4.79 Å². The first-order valence-electron chi connectivity index (χ1n) is 5.86. The first-order valence-corrected chi connectivity index (χ1v) is 5.86. The molecular weight excluding hydrogens is 190 g/mol. The van der Waals surface area contributed by atoms with E-state index in [1.54, 1.807) is 0 Å². The molecule has 0 aromatic rings. The number of rotatable bonds is 4. The van der Waals surface area contributed by atoms with Crippen molar-refractivity contribution in [2.75, 3.05) is 6.61 Å². The summed E-state index contributed by atoms with van der Waals surface area (Å²) in [6.07, 6.45) is 3.88. The van der Waals surface area contributed by atoms with Crippen molar-refractivity contribution in [1.29, 1.82) is 0 Å². The number of nitrogens with one attached hydrogen (secondary N) is 1. The molecule has 2 N–H and O–H groups in total. The number of hydrogen-bond acceptors (Lipinski definition) is 2. The smallest absolute Gasteiger partial charge is 0.223 e. The SMILES string of the molecule is CC(C)(C)C(CCO)NC(=O)C1CCC1. The van der Waals surface area contributed by atoms with Crippen LogP contribution in [0.4, 0.5) is 0 Å². The van der Waals surface area contributed by atoms with Crippen molar-refractivity contribution in [3.05, 3.63) is 0 Å². The predicted molar refractivity (Wildman–Crippen MR) is 60.4 cm³/mol. The normalized spacial score (nSPS) is 19.5. The zero-order valence-electron chi connectivity index (χ0n) is 10.0. The van der Waals surface area contributed by atoms with E-state index in [1.807, 2.05) is 0 Å². The number of carbonyl (C=O) groups excluding carboxylic acids is 1. The maximum Gasteiger partial charge on any atom is 0.223 e. The Bertz CT molecular complexity index is 216. The Balaban J connectivity index is 2.46. The van der Waals surface area contributed by atoms with Gasteiger partial charge in [-0.1, -0.05) is 27.2 Å². The fraction of sp³-hybridized carbons (Fsp3) is 0.917. The van der Waals surface area contributed by atoms with Gasteiger partial charge in [0.1, 0.15) is 0 Å². The zero-order chi connectivity index (χ0) is 11.5. The monoisotopic (exact) mass is 213 g/mol. The van der Waals surface area contributed by atoms with E-state index < -0.39 is 0 Å². The van der Waals surface area contributed by atoms with Crippen LogP contribution < -0.4 is 5.32 Å². The molecule has 3 nitrogen and oxygen atoms in total. The molecule has 88 valence electrons. The van der Waals surface area contributed by atoms with Gasteiger partial charge in [0.05, 0.1) is 0 Å². The van der Waals surface area contributed by atoms with Crippen molar-refractivity contribution in [1.82, 2.24) is 5.32 Å². The summed E-state index contributed by atoms with van der Waals surface area (Å²) in [5.41, 5.74) is 0.0160. The summed E-state index contributed by atoms with van der Waals surface area (Å²) in [5.74, 6) is 0.406. The second-order valence-corrected chi connectivity index (χ2v) is 5.57. The van der Waals surface area contributed by atoms with Crippen molar-refractivity contribution in [2.45, 2.75) is 52.5 Å². The van der Waals surface area contributed by atoms with Gasteiger partial charge in [-0.15, -0.1) is 0 Å². The molecule has 0 aliphatic heterocycles. The summed E-state index contributed by atoms with van der Waals surface area (Å²) >= 11 is 0. The van der Waals surface area contributed by atoms with Gasteiger partial charge in [0.2, 0.25) is 5.91 Å². The van der Waals surface area contributed by atoms with Crippen LogP contribution >= 0.6 is 0 Å². The van der Waals surface area contributed by atoms with E-state index in [2.05, 4.69) is 26.1 Å². The Kier molecular flexibility index (Phi) is 4.14. The van der Waals surface area contributed by atoms with Crippen LogP contribution in [0.15, 0.2) is 0 Å². The highest BCUT2D eigenvalue weighted by Crippen LogP contribution is 2.28. The molecule has 0 aromatic carbocycles. The summed E-state index contributed by atoms with van der Waals surface area (Å²) < 4.78 is 0. The van der Waals surface area contributed by atoms with Crippen LogP contribution in [0.3, 0.4) is 0 Å². The third-order valence-electron chi connectivity index (χ3n) is 3.26. The van der Waals surface area contributed by atoms with E-state index in [1.165, 1.54) is 6.42 Å². The molecule has 0 radical (unpaired) electrons. The largest absolute Gasteiger partial charge is 0.396 e. The molecular formula is C12H23NO2. The van der Waals surface area contributed by atoms with Crippen molar-refractivity contribution < 1.29 is 9.90 Å². The minimum Gasteiger partial charge on any atom is -0.396 e. The molecule has 1 aliphatic rings. The molecule has 1 atom stereocenters. The van der Waals surface area contributed by atoms with E-state index in [4.69, 9.17) is 5.11 Å². The summed E-state index contributed by atoms with van der Waals surface area (Å²) in [5, 5.41) is 12.0. The highest BCUT2D eigenvalue weighted by atomic mass is 16.3. The molecule has 0 bridgehead atoms. The lowest BCUT2D eigenvalue weighted by Gasteiger charge is -2.34. The van der Waals surface area contributed by atoms with Crippen molar-refractivity contribution in [2.24, 2.45) is 11.3 Å². The van der Waals surface area contributed by atoms with Crippen molar-refractivity contribution in [3.63, 3.8) is 0 Å². The van der Waals surface area contributed by atoms with E-state index in [9.17, 15) is 4.79 Å². The third kappa shape index (κ3) is 3.49. The fourth-order valence-corrected chi connectivity index (χ4v) is 1.81. The maximum absolute atomic E-state index is 11.8. The predicted octanol–water partition coefficient (Wildman–Crippen LogP) is 1.70. The van der Waals surface area contributed by atoms with Crippen LogP contribution in [-0.4, -0.2) is 23.7 Å². The molecule has 0 aromatic heterocycles. The first kappa shape index (κ1) is 12.5. The summed E-state index contributed by atoms with van der Waals surface area (Å²) in [6, 6.07) is 0.0793. The first-order chi connectivity index (χ1) is 6.95. The Morgan fingerprint density at radius 2 is 2.07 bits per heavy atom. The molecule has 15 heavy (non-hydrogen) atoms. The van der Waals surface area contributed by atoms with Crippen molar-refractivity contribution in [3.8, 4) is 0 Å². The summed E-state index contributed by atoms with van der Waals surface area (Å²) in [7, 11) is 0. The van der Waals surface area contributed by atoms with E-state index in [0.29, 0.717) is 6.42 Å². The highest BCUT2D eigenvalue weighted by Gasteiger charge is 2.30. The number of carbonyl (C=O) groups is 1. The quantitative estimate of drug-likeness (QED) is 0.746. The molecule has 1 aliphatic carbocycles. The topological polar surface area (TPSA) is 49.3 Å². The molecule has 3 heteroatoms. The molecule has 1 fully saturated rings. The maximum atomic E-state index is 11.8. The molecule has 0 saturated heterocycles. The fourth-order valence-electron chi connectivity index (χ4n) is 1.81. The number of hydrogen-bond donors (Lipinski definition) is 2. The lowest BCUT2D eigenvalue weighted by Crippen LogP contribution is -2.47. The second kappa shape index (κ2) is 4.97. The molecule has 1 amide bonds. The van der Waals surface area contributed by atoms with Crippen LogP contribution in [0.2, 0.25) is 0 Å². The number of aliphatic hydroxyl groups is 1. The highest BCUT2D eigenvalue weighted by molar-refractivity contribution is 5.79. The van der Waals surface area contributed by atoms with Crippen LogP contribution in [0.5, 0.6) is 0 Å². The van der Waals surface area contributed by atoms with Gasteiger partial charge in [0.25, 0.3) is 0 Å². The average molecular weight is 213 g/mol. The average Bonchev–Trinajstić information content (AvgIpc) is 1.98. The number of aliphatic hydroxyl groups excluding tert-OH is 1. The van der Waals surface area contributed by atoms with E-state index in [-0.39, 0.29) is 29.9 Å². The van der Waals surface area contributed by atoms with Gasteiger partial charge >= 0.3 is 0 Å². The van der Waals surface area contributed by atoms with Crippen molar-refractivity contribution >= 4 is 5.91 Å². The van der Waals surface area contributed by atoms with E-state index in [0.717, 1.165) is 12.8 Å². The minimum atomic E-state index is 0.0160. The van der Waals surface area contributed by atoms with Gasteiger partial charge < -0.3 is 10.4 Å². The van der Waals surface area contributed by atoms with Gasteiger partial charge in [-0.2, -0.15) is 0 Å². The van der Waals surface area contributed by atoms with Gasteiger partial charge in [-0.05, 0) is 24.7 Å². The van der Waals surface area contributed by atoms with Gasteiger partial charge in [-0.25, -0.2) is 0 Å². The molecule has 0 spiro atoms. The Morgan fingerprint density at radius 1 is 1.47 bits per heavy atom. The summed E-state index contributed by atoms with van der Waals surface area (Å²) in [6.45, 7) is 6.41. The molecule has 1 unspecified atom stereocenters. The summed E-state index contributed by atoms with van der Waals surface area (Å²) in [4.78, 5) is 11.8. The van der Waals surface area contributed by atoms with E-state index >= 15 is 0 Å². The van der Waals surface area contributed by atoms with Crippen LogP contribution in [0.1, 0.15) is 46.5 Å². The van der Waals surface area contributed by atoms with Gasteiger partial charge in [0, 0.05) is 18.6 Å². The zero-order valence-corrected chi connectivity index (χ0v) is 10.0. The lowest BCUT2D eigenvalue weighted by atomic mass is 9.81. The Labute approximate surface area is 92.3 Å². The van der Waals surface area contributed by atoms with Crippen LogP contribution in [0, 0.1) is 11.3 Å². The Morgan fingerprint density at radius 3 is 2.40 bits per heavy atom. The molecule has 1 saturated carbocycles. The number of amides is 1. The Hall–Kier alpha value is -0.570. The van der Waals surface area contributed by atoms with Gasteiger partial charge in [0.15, 0.2) is 0 Å². The standard InChI is InChI=1S/C12H23NO2/c1-12(2,3)10(7-8-14)13-11(15)9-5-4-6-9/h9-10,14H,4-8H2,1-3H3,(H,13,15). The second-order valence-electron chi connectivity index (χ2n) is 5.57. The minimum absolute atomic E-state index is 0.0160. The van der Waals surface area contributed by atoms with Crippen LogP contribution in [-0.2, 0) is 4.79 Å². The molecule has 0 heterocycles. The lowest BCUT2D eigenvalue weighted by molar-refractivity contribution is -0.129. The third-order valence-corrected chi connectivity index (χ3v) is 3.26.